The predicted molar refractivity (Wildman–Crippen MR) is 68.4 cm³/mol. The highest BCUT2D eigenvalue weighted by Gasteiger charge is 1.95. The summed E-state index contributed by atoms with van der Waals surface area (Å²) < 4.78 is 0. The van der Waals surface area contributed by atoms with Crippen molar-refractivity contribution in [3.63, 3.8) is 0 Å². The molecule has 0 saturated carbocycles. The molecule has 0 heterocycles. The van der Waals surface area contributed by atoms with Crippen LogP contribution in [0.2, 0.25) is 0 Å². The van der Waals surface area contributed by atoms with Crippen LogP contribution in [-0.2, 0) is 0 Å². The van der Waals surface area contributed by atoms with Crippen molar-refractivity contribution in [1.82, 2.24) is 16.0 Å². The fourth-order valence-corrected chi connectivity index (χ4v) is 1.38. The minimum Gasteiger partial charge on any atom is -0.320 e. The highest BCUT2D eigenvalue weighted by Crippen LogP contribution is 1.90. The first-order valence-corrected chi connectivity index (χ1v) is 6.40. The van der Waals surface area contributed by atoms with E-state index in [0.717, 1.165) is 26.2 Å². The van der Waals surface area contributed by atoms with E-state index in [0.29, 0.717) is 6.04 Å². The second-order valence-corrected chi connectivity index (χ2v) is 4.18. The van der Waals surface area contributed by atoms with Gasteiger partial charge in [-0.2, -0.15) is 0 Å². The van der Waals surface area contributed by atoms with Gasteiger partial charge >= 0.3 is 0 Å². The SMILES string of the molecule is CCC(C)NCCCCNCCCNC. The van der Waals surface area contributed by atoms with E-state index in [1.54, 1.807) is 0 Å². The van der Waals surface area contributed by atoms with E-state index in [1.165, 1.54) is 25.7 Å². The largest absolute Gasteiger partial charge is 0.320 e. The maximum Gasteiger partial charge on any atom is 0.00360 e. The smallest absolute Gasteiger partial charge is 0.00360 e. The zero-order valence-corrected chi connectivity index (χ0v) is 10.7. The number of nitrogens with one attached hydrogen (secondary N) is 3. The standard InChI is InChI=1S/C12H29N3/c1-4-12(2)15-11-6-5-9-14-10-7-8-13-3/h12-15H,4-11H2,1-3H3. The Kier molecular flexibility index (Phi) is 11.9. The first-order chi connectivity index (χ1) is 7.31. The van der Waals surface area contributed by atoms with Gasteiger partial charge in [0, 0.05) is 6.04 Å². The lowest BCUT2D eigenvalue weighted by Gasteiger charge is -2.10. The van der Waals surface area contributed by atoms with E-state index in [2.05, 4.69) is 29.8 Å². The molecule has 0 aromatic heterocycles. The molecule has 0 fully saturated rings. The highest BCUT2D eigenvalue weighted by atomic mass is 14.9. The van der Waals surface area contributed by atoms with Gasteiger partial charge in [-0.15, -0.1) is 0 Å². The third-order valence-corrected chi connectivity index (χ3v) is 2.67. The Balaban J connectivity index is 2.92. The molecule has 92 valence electrons. The Bertz CT molecular complexity index is 117. The molecular formula is C12H29N3. The molecule has 0 bridgehead atoms. The first-order valence-electron chi connectivity index (χ1n) is 6.40. The van der Waals surface area contributed by atoms with Gasteiger partial charge in [0.25, 0.3) is 0 Å². The second kappa shape index (κ2) is 12.0. The van der Waals surface area contributed by atoms with Gasteiger partial charge in [-0.05, 0) is 65.8 Å². The monoisotopic (exact) mass is 215 g/mol. The van der Waals surface area contributed by atoms with E-state index in [-0.39, 0.29) is 0 Å². The van der Waals surface area contributed by atoms with E-state index in [4.69, 9.17) is 0 Å². The van der Waals surface area contributed by atoms with Crippen LogP contribution in [0.1, 0.15) is 39.5 Å². The number of hydrogen-bond donors (Lipinski definition) is 3. The summed E-state index contributed by atoms with van der Waals surface area (Å²) in [6.45, 7) is 9.04. The molecular weight excluding hydrogens is 186 g/mol. The van der Waals surface area contributed by atoms with Gasteiger partial charge < -0.3 is 16.0 Å². The molecule has 15 heavy (non-hydrogen) atoms. The summed E-state index contributed by atoms with van der Waals surface area (Å²) in [5.41, 5.74) is 0. The van der Waals surface area contributed by atoms with Crippen molar-refractivity contribution in [2.45, 2.75) is 45.6 Å². The Labute approximate surface area is 95.4 Å². The molecule has 0 aliphatic carbocycles. The fourth-order valence-electron chi connectivity index (χ4n) is 1.38. The van der Waals surface area contributed by atoms with Crippen molar-refractivity contribution in [2.24, 2.45) is 0 Å². The van der Waals surface area contributed by atoms with Crippen LogP contribution in [0.5, 0.6) is 0 Å². The maximum atomic E-state index is 3.51. The quantitative estimate of drug-likeness (QED) is 0.455. The zero-order valence-electron chi connectivity index (χ0n) is 10.7. The van der Waals surface area contributed by atoms with E-state index in [9.17, 15) is 0 Å². The number of rotatable bonds is 11. The van der Waals surface area contributed by atoms with E-state index < -0.39 is 0 Å². The van der Waals surface area contributed by atoms with Gasteiger partial charge in [0.15, 0.2) is 0 Å². The van der Waals surface area contributed by atoms with Gasteiger partial charge in [0.1, 0.15) is 0 Å². The lowest BCUT2D eigenvalue weighted by Crippen LogP contribution is -2.27. The Morgan fingerprint density at radius 1 is 0.933 bits per heavy atom. The average Bonchev–Trinajstić information content (AvgIpc) is 2.26. The molecule has 3 N–H and O–H groups in total. The lowest BCUT2D eigenvalue weighted by molar-refractivity contribution is 0.506. The lowest BCUT2D eigenvalue weighted by atomic mass is 10.2. The van der Waals surface area contributed by atoms with Crippen molar-refractivity contribution >= 4 is 0 Å². The van der Waals surface area contributed by atoms with Gasteiger partial charge in [0.05, 0.1) is 0 Å². The molecule has 3 nitrogen and oxygen atoms in total. The highest BCUT2D eigenvalue weighted by molar-refractivity contribution is 4.58. The van der Waals surface area contributed by atoms with Crippen LogP contribution in [0, 0.1) is 0 Å². The Morgan fingerprint density at radius 2 is 1.60 bits per heavy atom. The summed E-state index contributed by atoms with van der Waals surface area (Å²) in [6, 6.07) is 0.675. The molecule has 0 saturated heterocycles. The van der Waals surface area contributed by atoms with Crippen LogP contribution in [0.15, 0.2) is 0 Å². The van der Waals surface area contributed by atoms with Crippen LogP contribution in [-0.4, -0.2) is 39.3 Å². The molecule has 0 amide bonds. The molecule has 0 aromatic rings. The first kappa shape index (κ1) is 14.9. The molecule has 0 aromatic carbocycles. The van der Waals surface area contributed by atoms with Crippen molar-refractivity contribution in [3.8, 4) is 0 Å². The molecule has 1 unspecified atom stereocenters. The van der Waals surface area contributed by atoms with Crippen molar-refractivity contribution in [3.05, 3.63) is 0 Å². The van der Waals surface area contributed by atoms with Crippen molar-refractivity contribution < 1.29 is 0 Å². The second-order valence-electron chi connectivity index (χ2n) is 4.18. The maximum absolute atomic E-state index is 3.51. The van der Waals surface area contributed by atoms with E-state index >= 15 is 0 Å². The molecule has 1 atom stereocenters. The Hall–Kier alpha value is -0.120. The van der Waals surface area contributed by atoms with Crippen LogP contribution in [0.4, 0.5) is 0 Å². The predicted octanol–water partition coefficient (Wildman–Crippen LogP) is 1.35. The molecule has 0 aliphatic rings. The molecule has 0 radical (unpaired) electrons. The molecule has 3 heteroatoms. The van der Waals surface area contributed by atoms with Gasteiger partial charge in [-0.3, -0.25) is 0 Å². The van der Waals surface area contributed by atoms with Crippen LogP contribution in [0.25, 0.3) is 0 Å². The summed E-state index contributed by atoms with van der Waals surface area (Å²) in [4.78, 5) is 0. The molecule has 0 aliphatic heterocycles. The number of unbranched alkanes of at least 4 members (excludes halogenated alkanes) is 1. The molecule has 0 rings (SSSR count). The summed E-state index contributed by atoms with van der Waals surface area (Å²) in [5.74, 6) is 0. The third kappa shape index (κ3) is 11.8. The van der Waals surface area contributed by atoms with Gasteiger partial charge in [-0.25, -0.2) is 0 Å². The van der Waals surface area contributed by atoms with Crippen molar-refractivity contribution in [1.29, 1.82) is 0 Å². The minimum absolute atomic E-state index is 0.675. The third-order valence-electron chi connectivity index (χ3n) is 2.67. The summed E-state index contributed by atoms with van der Waals surface area (Å²) >= 11 is 0. The Morgan fingerprint density at radius 3 is 2.27 bits per heavy atom. The summed E-state index contributed by atoms with van der Waals surface area (Å²) in [7, 11) is 2.00. The normalized spacial score (nSPS) is 13.0. The van der Waals surface area contributed by atoms with Crippen LogP contribution >= 0.6 is 0 Å². The zero-order chi connectivity index (χ0) is 11.4. The summed E-state index contributed by atoms with van der Waals surface area (Å²) in [6.07, 6.45) is 5.01. The summed E-state index contributed by atoms with van der Waals surface area (Å²) in [5, 5.41) is 10.1. The van der Waals surface area contributed by atoms with Crippen molar-refractivity contribution in [2.75, 3.05) is 33.2 Å². The van der Waals surface area contributed by atoms with Gasteiger partial charge in [-0.1, -0.05) is 6.92 Å². The topological polar surface area (TPSA) is 36.1 Å². The van der Waals surface area contributed by atoms with Crippen LogP contribution in [0.3, 0.4) is 0 Å². The fraction of sp³-hybridized carbons (Fsp3) is 1.00. The van der Waals surface area contributed by atoms with Gasteiger partial charge in [0.2, 0.25) is 0 Å². The number of hydrogen-bond acceptors (Lipinski definition) is 3. The average molecular weight is 215 g/mol. The van der Waals surface area contributed by atoms with Crippen LogP contribution < -0.4 is 16.0 Å². The minimum atomic E-state index is 0.675. The van der Waals surface area contributed by atoms with E-state index in [1.807, 2.05) is 7.05 Å². The molecule has 0 spiro atoms.